The Morgan fingerprint density at radius 3 is 1.88 bits per heavy atom. The van der Waals surface area contributed by atoms with Crippen LogP contribution in [0.5, 0.6) is 0 Å². The lowest BCUT2D eigenvalue weighted by Crippen LogP contribution is -1.93. The summed E-state index contributed by atoms with van der Waals surface area (Å²) in [5.41, 5.74) is 5.48. The van der Waals surface area contributed by atoms with Gasteiger partial charge in [-0.05, 0) is 33.9 Å². The highest BCUT2D eigenvalue weighted by Gasteiger charge is 2.10. The molecule has 3 nitrogen and oxygen atoms in total. The molecule has 0 N–H and O–H groups in total. The number of hydrogen-bond acceptors (Lipinski definition) is 3. The molecular weight excluding hydrogens is 330 g/mol. The van der Waals surface area contributed by atoms with Crippen molar-refractivity contribution in [2.45, 2.75) is 0 Å². The van der Waals surface area contributed by atoms with E-state index >= 15 is 0 Å². The third kappa shape index (κ3) is 3.28. The maximum Gasteiger partial charge on any atom is 0.225 e. The van der Waals surface area contributed by atoms with E-state index < -0.39 is 0 Å². The Morgan fingerprint density at radius 1 is 0.560 bits per heavy atom. The fourth-order valence-electron chi connectivity index (χ4n) is 2.81. The third-order valence-electron chi connectivity index (χ3n) is 4.01. The molecule has 3 aromatic carbocycles. The highest BCUT2D eigenvalue weighted by atomic mass is 35.5. The first kappa shape index (κ1) is 15.5. The molecule has 0 saturated carbocycles. The van der Waals surface area contributed by atoms with Gasteiger partial charge in [0.1, 0.15) is 6.33 Å². The number of halogens is 1. The summed E-state index contributed by atoms with van der Waals surface area (Å²) >= 11 is 5.92. The van der Waals surface area contributed by atoms with E-state index in [4.69, 9.17) is 11.6 Å². The van der Waals surface area contributed by atoms with E-state index in [1.165, 1.54) is 17.5 Å². The molecule has 0 radical (unpaired) electrons. The molecule has 120 valence electrons. The van der Waals surface area contributed by atoms with Gasteiger partial charge in [-0.1, -0.05) is 78.9 Å². The van der Waals surface area contributed by atoms with Crippen molar-refractivity contribution >= 4 is 11.6 Å². The molecule has 0 aliphatic carbocycles. The van der Waals surface area contributed by atoms with Gasteiger partial charge in [-0.25, -0.2) is 9.97 Å². The van der Waals surface area contributed by atoms with Gasteiger partial charge in [-0.2, -0.15) is 4.98 Å². The van der Waals surface area contributed by atoms with Crippen LogP contribution in [0.4, 0.5) is 0 Å². The summed E-state index contributed by atoms with van der Waals surface area (Å²) in [6.45, 7) is 0. The van der Waals surface area contributed by atoms with Gasteiger partial charge >= 0.3 is 0 Å². The summed E-state index contributed by atoms with van der Waals surface area (Å²) in [6, 6.07) is 26.8. The van der Waals surface area contributed by atoms with Crippen LogP contribution in [-0.4, -0.2) is 15.0 Å². The van der Waals surface area contributed by atoms with Crippen molar-refractivity contribution < 1.29 is 0 Å². The SMILES string of the molecule is Clc1ncnc(-c2ccccc2-c2ccc(-c3ccccc3)cc2)n1. The lowest BCUT2D eigenvalue weighted by molar-refractivity contribution is 1.06. The third-order valence-corrected chi connectivity index (χ3v) is 4.20. The zero-order valence-corrected chi connectivity index (χ0v) is 14.1. The predicted molar refractivity (Wildman–Crippen MR) is 101 cm³/mol. The summed E-state index contributed by atoms with van der Waals surface area (Å²) < 4.78 is 0. The molecule has 25 heavy (non-hydrogen) atoms. The number of aromatic nitrogens is 3. The summed E-state index contributed by atoms with van der Waals surface area (Å²) in [6.07, 6.45) is 1.43. The Hall–Kier alpha value is -3.04. The number of nitrogens with zero attached hydrogens (tertiary/aromatic N) is 3. The summed E-state index contributed by atoms with van der Waals surface area (Å²) in [5, 5.41) is 0.194. The van der Waals surface area contributed by atoms with E-state index in [0.29, 0.717) is 5.82 Å². The van der Waals surface area contributed by atoms with Gasteiger partial charge in [0.05, 0.1) is 0 Å². The Kier molecular flexibility index (Phi) is 4.23. The van der Waals surface area contributed by atoms with Crippen molar-refractivity contribution in [3.8, 4) is 33.6 Å². The minimum absolute atomic E-state index is 0.194. The highest BCUT2D eigenvalue weighted by molar-refractivity contribution is 6.28. The van der Waals surface area contributed by atoms with Gasteiger partial charge < -0.3 is 0 Å². The Balaban J connectivity index is 1.76. The van der Waals surface area contributed by atoms with Crippen LogP contribution >= 0.6 is 11.6 Å². The van der Waals surface area contributed by atoms with E-state index in [1.807, 2.05) is 36.4 Å². The maximum atomic E-state index is 5.92. The molecule has 0 amide bonds. The van der Waals surface area contributed by atoms with Crippen molar-refractivity contribution in [2.24, 2.45) is 0 Å². The molecule has 0 aliphatic heterocycles. The molecule has 4 heteroatoms. The van der Waals surface area contributed by atoms with Crippen molar-refractivity contribution in [2.75, 3.05) is 0 Å². The van der Waals surface area contributed by atoms with Crippen LogP contribution in [0.3, 0.4) is 0 Å². The molecule has 1 aromatic heterocycles. The fourth-order valence-corrected chi connectivity index (χ4v) is 2.93. The topological polar surface area (TPSA) is 38.7 Å². The van der Waals surface area contributed by atoms with Crippen LogP contribution in [0.2, 0.25) is 5.28 Å². The first-order chi connectivity index (χ1) is 12.3. The second kappa shape index (κ2) is 6.83. The highest BCUT2D eigenvalue weighted by Crippen LogP contribution is 2.31. The number of benzene rings is 3. The summed E-state index contributed by atoms with van der Waals surface area (Å²) in [5.74, 6) is 0.572. The summed E-state index contributed by atoms with van der Waals surface area (Å²) in [7, 11) is 0. The van der Waals surface area contributed by atoms with E-state index in [-0.39, 0.29) is 5.28 Å². The average molecular weight is 344 g/mol. The predicted octanol–water partition coefficient (Wildman–Crippen LogP) is 5.53. The van der Waals surface area contributed by atoms with Crippen LogP contribution in [-0.2, 0) is 0 Å². The monoisotopic (exact) mass is 343 g/mol. The fraction of sp³-hybridized carbons (Fsp3) is 0. The van der Waals surface area contributed by atoms with Crippen molar-refractivity contribution in [3.05, 3.63) is 90.5 Å². The Bertz CT molecular complexity index is 999. The lowest BCUT2D eigenvalue weighted by Gasteiger charge is -2.10. The van der Waals surface area contributed by atoms with E-state index in [2.05, 4.69) is 57.4 Å². The van der Waals surface area contributed by atoms with Gasteiger partial charge in [-0.15, -0.1) is 0 Å². The van der Waals surface area contributed by atoms with Crippen LogP contribution in [0.15, 0.2) is 85.2 Å². The van der Waals surface area contributed by atoms with Gasteiger partial charge in [0, 0.05) is 5.56 Å². The Morgan fingerprint density at radius 2 is 1.16 bits per heavy atom. The quantitative estimate of drug-likeness (QED) is 0.491. The van der Waals surface area contributed by atoms with Gasteiger partial charge in [0.25, 0.3) is 0 Å². The second-order valence-electron chi connectivity index (χ2n) is 5.57. The first-order valence-corrected chi connectivity index (χ1v) is 8.29. The molecule has 4 aromatic rings. The van der Waals surface area contributed by atoms with Gasteiger partial charge in [0.2, 0.25) is 5.28 Å². The van der Waals surface area contributed by atoms with Crippen LogP contribution < -0.4 is 0 Å². The molecular formula is C21H14ClN3. The van der Waals surface area contributed by atoms with E-state index in [9.17, 15) is 0 Å². The molecule has 4 rings (SSSR count). The molecule has 1 heterocycles. The summed E-state index contributed by atoms with van der Waals surface area (Å²) in [4.78, 5) is 12.3. The number of rotatable bonds is 3. The average Bonchev–Trinajstić information content (AvgIpc) is 2.69. The van der Waals surface area contributed by atoms with Gasteiger partial charge in [0.15, 0.2) is 5.82 Å². The Labute approximate surface area is 151 Å². The van der Waals surface area contributed by atoms with Gasteiger partial charge in [-0.3, -0.25) is 0 Å². The van der Waals surface area contributed by atoms with E-state index in [1.54, 1.807) is 0 Å². The molecule has 0 saturated heterocycles. The molecule has 0 atom stereocenters. The van der Waals surface area contributed by atoms with Crippen molar-refractivity contribution in [3.63, 3.8) is 0 Å². The molecule has 0 fully saturated rings. The standard InChI is InChI=1S/C21H14ClN3/c22-21-24-14-23-20(25-21)19-9-5-4-8-18(19)17-12-10-16(11-13-17)15-6-2-1-3-7-15/h1-14H. The van der Waals surface area contributed by atoms with E-state index in [0.717, 1.165) is 16.7 Å². The normalized spacial score (nSPS) is 10.6. The minimum Gasteiger partial charge on any atom is -0.216 e. The molecule has 0 bridgehead atoms. The molecule has 0 aliphatic rings. The van der Waals surface area contributed by atoms with Crippen LogP contribution in [0, 0.1) is 0 Å². The minimum atomic E-state index is 0.194. The van der Waals surface area contributed by atoms with Crippen molar-refractivity contribution in [1.29, 1.82) is 0 Å². The second-order valence-corrected chi connectivity index (χ2v) is 5.91. The smallest absolute Gasteiger partial charge is 0.216 e. The molecule has 0 spiro atoms. The van der Waals surface area contributed by atoms with Crippen LogP contribution in [0.25, 0.3) is 33.6 Å². The maximum absolute atomic E-state index is 5.92. The van der Waals surface area contributed by atoms with Crippen LogP contribution in [0.1, 0.15) is 0 Å². The number of hydrogen-bond donors (Lipinski definition) is 0. The largest absolute Gasteiger partial charge is 0.225 e. The first-order valence-electron chi connectivity index (χ1n) is 7.91. The molecule has 0 unspecified atom stereocenters. The lowest BCUT2D eigenvalue weighted by atomic mass is 9.96. The zero-order chi connectivity index (χ0) is 17.1. The zero-order valence-electron chi connectivity index (χ0n) is 13.3. The van der Waals surface area contributed by atoms with Crippen molar-refractivity contribution in [1.82, 2.24) is 15.0 Å².